The van der Waals surface area contributed by atoms with Crippen LogP contribution in [-0.2, 0) is 0 Å². The van der Waals surface area contributed by atoms with E-state index in [1.54, 1.807) is 0 Å². The minimum absolute atomic E-state index is 0.116. The molecule has 1 aromatic carbocycles. The van der Waals surface area contributed by atoms with Gasteiger partial charge in [-0.1, -0.05) is 0 Å². The highest BCUT2D eigenvalue weighted by Crippen LogP contribution is 2.33. The molecule has 5 heteroatoms. The van der Waals surface area contributed by atoms with Gasteiger partial charge in [0.15, 0.2) is 0 Å². The molecule has 1 atom stereocenters. The van der Waals surface area contributed by atoms with Gasteiger partial charge in [0, 0.05) is 11.6 Å². The molecule has 0 spiro atoms. The minimum Gasteiger partial charge on any atom is -0.506 e. The molecule has 0 aliphatic rings. The maximum absolute atomic E-state index is 13.3. The number of hydrogen-bond donors (Lipinski definition) is 3. The molecule has 5 N–H and O–H groups in total. The molecule has 3 nitrogen and oxygen atoms in total. The highest BCUT2D eigenvalue weighted by molar-refractivity contribution is 9.10. The van der Waals surface area contributed by atoms with Gasteiger partial charge in [0.1, 0.15) is 11.6 Å². The van der Waals surface area contributed by atoms with E-state index in [1.165, 1.54) is 12.1 Å². The molecule has 0 aliphatic carbocycles. The summed E-state index contributed by atoms with van der Waals surface area (Å²) in [6.07, 6.45) is 0.431. The molecular weight excluding hydrogens is 251 g/mol. The van der Waals surface area contributed by atoms with E-state index in [9.17, 15) is 9.50 Å². The summed E-state index contributed by atoms with van der Waals surface area (Å²) >= 11 is 3.10. The Hall–Kier alpha value is -0.650. The van der Waals surface area contributed by atoms with E-state index in [0.717, 1.165) is 0 Å². The van der Waals surface area contributed by atoms with Crippen molar-refractivity contribution in [1.82, 2.24) is 0 Å². The topological polar surface area (TPSA) is 72.3 Å². The van der Waals surface area contributed by atoms with E-state index in [0.29, 0.717) is 17.4 Å². The predicted molar refractivity (Wildman–Crippen MR) is 56.4 cm³/mol. The second-order valence-electron chi connectivity index (χ2n) is 2.98. The van der Waals surface area contributed by atoms with Gasteiger partial charge in [-0.2, -0.15) is 0 Å². The molecule has 0 heterocycles. The summed E-state index contributed by atoms with van der Waals surface area (Å²) in [6, 6.07) is 2.12. The molecule has 1 rings (SSSR count). The SMILES string of the molecule is NCCC(N)c1c(F)ccc(Br)c1O. The number of aromatic hydroxyl groups is 1. The van der Waals surface area contributed by atoms with E-state index in [2.05, 4.69) is 15.9 Å². The second kappa shape index (κ2) is 4.72. The quantitative estimate of drug-likeness (QED) is 0.776. The van der Waals surface area contributed by atoms with Crippen LogP contribution in [0.5, 0.6) is 5.75 Å². The van der Waals surface area contributed by atoms with Crippen molar-refractivity contribution in [3.05, 3.63) is 28.0 Å². The van der Waals surface area contributed by atoms with Crippen LogP contribution >= 0.6 is 15.9 Å². The van der Waals surface area contributed by atoms with E-state index < -0.39 is 11.9 Å². The van der Waals surface area contributed by atoms with Crippen LogP contribution in [0.2, 0.25) is 0 Å². The average Bonchev–Trinajstić information content (AvgIpc) is 2.13. The molecule has 0 saturated carbocycles. The Morgan fingerprint density at radius 1 is 1.50 bits per heavy atom. The first-order valence-corrected chi connectivity index (χ1v) is 4.99. The minimum atomic E-state index is -0.572. The van der Waals surface area contributed by atoms with Crippen LogP contribution in [0.4, 0.5) is 4.39 Å². The number of phenolic OH excluding ortho intramolecular Hbond substituents is 1. The first-order chi connectivity index (χ1) is 6.57. The predicted octanol–water partition coefficient (Wildman–Crippen LogP) is 1.64. The zero-order valence-electron chi connectivity index (χ0n) is 7.50. The first-order valence-electron chi connectivity index (χ1n) is 4.20. The number of benzene rings is 1. The largest absolute Gasteiger partial charge is 0.506 e. The third-order valence-electron chi connectivity index (χ3n) is 1.96. The summed E-state index contributed by atoms with van der Waals surface area (Å²) in [5, 5.41) is 9.57. The van der Waals surface area contributed by atoms with Crippen molar-refractivity contribution in [2.24, 2.45) is 11.5 Å². The van der Waals surface area contributed by atoms with Crippen LogP contribution in [0.1, 0.15) is 18.0 Å². The van der Waals surface area contributed by atoms with Gasteiger partial charge < -0.3 is 16.6 Å². The Labute approximate surface area is 90.0 Å². The van der Waals surface area contributed by atoms with Crippen LogP contribution in [0.15, 0.2) is 16.6 Å². The highest BCUT2D eigenvalue weighted by atomic mass is 79.9. The van der Waals surface area contributed by atoms with Gasteiger partial charge in [-0.3, -0.25) is 0 Å². The maximum atomic E-state index is 13.3. The van der Waals surface area contributed by atoms with E-state index in [-0.39, 0.29) is 11.3 Å². The summed E-state index contributed by atoms with van der Waals surface area (Å²) in [5.74, 6) is -0.655. The maximum Gasteiger partial charge on any atom is 0.137 e. The summed E-state index contributed by atoms with van der Waals surface area (Å²) in [5.41, 5.74) is 11.1. The summed E-state index contributed by atoms with van der Waals surface area (Å²) in [6.45, 7) is 0.354. The third-order valence-corrected chi connectivity index (χ3v) is 2.60. The van der Waals surface area contributed by atoms with Crippen LogP contribution in [0, 0.1) is 5.82 Å². The van der Waals surface area contributed by atoms with Gasteiger partial charge in [0.25, 0.3) is 0 Å². The Bertz CT molecular complexity index is 333. The molecule has 1 unspecified atom stereocenters. The zero-order chi connectivity index (χ0) is 10.7. The summed E-state index contributed by atoms with van der Waals surface area (Å²) in [4.78, 5) is 0. The number of hydrogen-bond acceptors (Lipinski definition) is 3. The van der Waals surface area contributed by atoms with Gasteiger partial charge in [-0.05, 0) is 41.0 Å². The van der Waals surface area contributed by atoms with E-state index >= 15 is 0 Å². The molecule has 0 saturated heterocycles. The average molecular weight is 263 g/mol. The Balaban J connectivity index is 3.11. The molecule has 78 valence electrons. The Morgan fingerprint density at radius 2 is 2.14 bits per heavy atom. The van der Waals surface area contributed by atoms with Crippen molar-refractivity contribution >= 4 is 15.9 Å². The molecule has 0 fully saturated rings. The van der Waals surface area contributed by atoms with Gasteiger partial charge in [0.05, 0.1) is 4.47 Å². The fourth-order valence-corrected chi connectivity index (χ4v) is 1.58. The zero-order valence-corrected chi connectivity index (χ0v) is 9.09. The van der Waals surface area contributed by atoms with Crippen molar-refractivity contribution in [1.29, 1.82) is 0 Å². The van der Waals surface area contributed by atoms with Crippen molar-refractivity contribution in [2.75, 3.05) is 6.54 Å². The fourth-order valence-electron chi connectivity index (χ4n) is 1.23. The molecule has 0 bridgehead atoms. The molecule has 0 aromatic heterocycles. The summed E-state index contributed by atoms with van der Waals surface area (Å²) in [7, 11) is 0. The molecule has 14 heavy (non-hydrogen) atoms. The van der Waals surface area contributed by atoms with Gasteiger partial charge in [0.2, 0.25) is 0 Å². The van der Waals surface area contributed by atoms with Gasteiger partial charge >= 0.3 is 0 Å². The smallest absolute Gasteiger partial charge is 0.137 e. The monoisotopic (exact) mass is 262 g/mol. The fraction of sp³-hybridized carbons (Fsp3) is 0.333. The standard InChI is InChI=1S/C9H12BrFN2O/c10-5-1-2-6(11)8(9(5)14)7(13)3-4-12/h1-2,7,14H,3-4,12-13H2. The molecule has 1 aromatic rings. The first kappa shape index (κ1) is 11.4. The lowest BCUT2D eigenvalue weighted by molar-refractivity contribution is 0.442. The lowest BCUT2D eigenvalue weighted by Gasteiger charge is -2.14. The number of halogens is 2. The van der Waals surface area contributed by atoms with Crippen LogP contribution in [0.3, 0.4) is 0 Å². The Kier molecular flexibility index (Phi) is 3.86. The molecule has 0 amide bonds. The normalized spacial score (nSPS) is 12.9. The number of rotatable bonds is 3. The molecule has 0 aliphatic heterocycles. The van der Waals surface area contributed by atoms with Crippen molar-refractivity contribution in [3.8, 4) is 5.75 Å². The molecular formula is C9H12BrFN2O. The van der Waals surface area contributed by atoms with Crippen molar-refractivity contribution < 1.29 is 9.50 Å². The van der Waals surface area contributed by atoms with E-state index in [4.69, 9.17) is 11.5 Å². The summed E-state index contributed by atoms with van der Waals surface area (Å²) < 4.78 is 13.7. The van der Waals surface area contributed by atoms with Gasteiger partial charge in [-0.15, -0.1) is 0 Å². The van der Waals surface area contributed by atoms with Gasteiger partial charge in [-0.25, -0.2) is 4.39 Å². The van der Waals surface area contributed by atoms with Crippen LogP contribution in [-0.4, -0.2) is 11.7 Å². The van der Waals surface area contributed by atoms with Crippen LogP contribution < -0.4 is 11.5 Å². The lowest BCUT2D eigenvalue weighted by atomic mass is 10.0. The van der Waals surface area contributed by atoms with E-state index in [1.807, 2.05) is 0 Å². The van der Waals surface area contributed by atoms with Crippen molar-refractivity contribution in [2.45, 2.75) is 12.5 Å². The highest BCUT2D eigenvalue weighted by Gasteiger charge is 2.17. The number of phenols is 1. The second-order valence-corrected chi connectivity index (χ2v) is 3.83. The Morgan fingerprint density at radius 3 is 2.71 bits per heavy atom. The molecule has 0 radical (unpaired) electrons. The number of nitrogens with two attached hydrogens (primary N) is 2. The third kappa shape index (κ3) is 2.23. The van der Waals surface area contributed by atoms with Crippen molar-refractivity contribution in [3.63, 3.8) is 0 Å². The van der Waals surface area contributed by atoms with Crippen LogP contribution in [0.25, 0.3) is 0 Å². The lowest BCUT2D eigenvalue weighted by Crippen LogP contribution is -2.16.